The van der Waals surface area contributed by atoms with Gasteiger partial charge in [-0.2, -0.15) is 0 Å². The molecule has 1 aliphatic heterocycles. The van der Waals surface area contributed by atoms with Crippen molar-refractivity contribution >= 4 is 0 Å². The Hall–Kier alpha value is -0.900. The summed E-state index contributed by atoms with van der Waals surface area (Å²) in [5.41, 5.74) is 1.58. The zero-order chi connectivity index (χ0) is 14.0. The second-order valence-corrected chi connectivity index (χ2v) is 6.58. The van der Waals surface area contributed by atoms with Gasteiger partial charge in [-0.15, -0.1) is 0 Å². The number of rotatable bonds is 3. The Morgan fingerprint density at radius 1 is 1.30 bits per heavy atom. The molecular weight excluding hydrogens is 250 g/mol. The Bertz CT molecular complexity index is 428. The summed E-state index contributed by atoms with van der Waals surface area (Å²) in [6.45, 7) is 2.63. The molecule has 3 atom stereocenters. The quantitative estimate of drug-likeness (QED) is 0.919. The fourth-order valence-electron chi connectivity index (χ4n) is 3.84. The normalized spacial score (nSPS) is 34.0. The zero-order valence-corrected chi connectivity index (χ0v) is 12.3. The van der Waals surface area contributed by atoms with Crippen LogP contribution in [0, 0.1) is 5.41 Å². The van der Waals surface area contributed by atoms with Crippen molar-refractivity contribution < 1.29 is 9.84 Å². The Balaban J connectivity index is 1.60. The lowest BCUT2D eigenvalue weighted by atomic mass is 9.70. The summed E-state index contributed by atoms with van der Waals surface area (Å²) in [5, 5.41) is 10.5. The van der Waals surface area contributed by atoms with Crippen LogP contribution in [0.1, 0.15) is 31.2 Å². The largest absolute Gasteiger partial charge is 0.391 e. The third-order valence-corrected chi connectivity index (χ3v) is 5.08. The van der Waals surface area contributed by atoms with E-state index >= 15 is 0 Å². The Kier molecular flexibility index (Phi) is 4.11. The lowest BCUT2D eigenvalue weighted by Gasteiger charge is -2.43. The summed E-state index contributed by atoms with van der Waals surface area (Å²) >= 11 is 0. The van der Waals surface area contributed by atoms with Crippen LogP contribution < -0.4 is 0 Å². The third kappa shape index (κ3) is 2.90. The number of aliphatic hydroxyl groups excluding tert-OH is 1. The van der Waals surface area contributed by atoms with Crippen LogP contribution in [-0.4, -0.2) is 42.4 Å². The van der Waals surface area contributed by atoms with Gasteiger partial charge < -0.3 is 9.84 Å². The highest BCUT2D eigenvalue weighted by Gasteiger charge is 2.43. The first kappa shape index (κ1) is 14.1. The van der Waals surface area contributed by atoms with Gasteiger partial charge in [0, 0.05) is 19.2 Å². The van der Waals surface area contributed by atoms with Crippen molar-refractivity contribution in [1.82, 2.24) is 4.90 Å². The summed E-state index contributed by atoms with van der Waals surface area (Å²) in [4.78, 5) is 2.31. The van der Waals surface area contributed by atoms with Gasteiger partial charge >= 0.3 is 0 Å². The first-order chi connectivity index (χ1) is 9.69. The van der Waals surface area contributed by atoms with Crippen LogP contribution in [0.4, 0.5) is 0 Å². The third-order valence-electron chi connectivity index (χ3n) is 5.08. The van der Waals surface area contributed by atoms with Crippen LogP contribution >= 0.6 is 0 Å². The molecule has 1 N–H and O–H groups in total. The highest BCUT2D eigenvalue weighted by molar-refractivity contribution is 5.14. The summed E-state index contributed by atoms with van der Waals surface area (Å²) < 4.78 is 5.55. The molecule has 2 aliphatic rings. The molecule has 20 heavy (non-hydrogen) atoms. The molecule has 3 nitrogen and oxygen atoms in total. The van der Waals surface area contributed by atoms with Crippen LogP contribution in [-0.2, 0) is 11.3 Å². The maximum atomic E-state index is 10.5. The molecule has 110 valence electrons. The molecule has 0 bridgehead atoms. The molecule has 1 saturated carbocycles. The topological polar surface area (TPSA) is 32.7 Å². The maximum absolute atomic E-state index is 10.5. The minimum atomic E-state index is -0.223. The molecule has 2 fully saturated rings. The Morgan fingerprint density at radius 2 is 2.10 bits per heavy atom. The van der Waals surface area contributed by atoms with Crippen molar-refractivity contribution in [2.24, 2.45) is 5.41 Å². The van der Waals surface area contributed by atoms with Gasteiger partial charge in [0.2, 0.25) is 0 Å². The van der Waals surface area contributed by atoms with Crippen molar-refractivity contribution in [2.75, 3.05) is 20.3 Å². The van der Waals surface area contributed by atoms with Crippen molar-refractivity contribution in [3.63, 3.8) is 0 Å². The number of hydrogen-bond acceptors (Lipinski definition) is 3. The molecule has 1 unspecified atom stereocenters. The van der Waals surface area contributed by atoms with Crippen LogP contribution in [0.5, 0.6) is 0 Å². The van der Waals surface area contributed by atoms with Crippen LogP contribution in [0.15, 0.2) is 30.3 Å². The van der Waals surface area contributed by atoms with E-state index in [2.05, 4.69) is 36.2 Å². The van der Waals surface area contributed by atoms with Gasteiger partial charge in [0.25, 0.3) is 0 Å². The van der Waals surface area contributed by atoms with Gasteiger partial charge in [-0.1, -0.05) is 30.3 Å². The number of benzene rings is 1. The first-order valence-electron chi connectivity index (χ1n) is 7.69. The molecule has 1 aromatic carbocycles. The lowest BCUT2D eigenvalue weighted by molar-refractivity contribution is -0.0268. The highest BCUT2D eigenvalue weighted by atomic mass is 16.5. The van der Waals surface area contributed by atoms with Gasteiger partial charge in [-0.3, -0.25) is 4.90 Å². The van der Waals surface area contributed by atoms with Gasteiger partial charge in [-0.25, -0.2) is 0 Å². The van der Waals surface area contributed by atoms with E-state index in [1.54, 1.807) is 0 Å². The van der Waals surface area contributed by atoms with E-state index in [4.69, 9.17) is 4.74 Å². The van der Waals surface area contributed by atoms with Crippen molar-refractivity contribution in [1.29, 1.82) is 0 Å². The van der Waals surface area contributed by atoms with E-state index in [1.807, 2.05) is 6.07 Å². The van der Waals surface area contributed by atoms with E-state index in [-0.39, 0.29) is 17.6 Å². The summed E-state index contributed by atoms with van der Waals surface area (Å²) in [7, 11) is 2.13. The van der Waals surface area contributed by atoms with Crippen molar-refractivity contribution in [3.05, 3.63) is 35.9 Å². The van der Waals surface area contributed by atoms with E-state index in [0.717, 1.165) is 39.0 Å². The van der Waals surface area contributed by atoms with Crippen LogP contribution in [0.2, 0.25) is 0 Å². The SMILES string of the molecule is CN(Cc1ccccc1)[C@@H]1CCC2(CCOC2)C[C@H]1O. The van der Waals surface area contributed by atoms with Gasteiger partial charge in [0.05, 0.1) is 12.7 Å². The zero-order valence-electron chi connectivity index (χ0n) is 12.3. The Morgan fingerprint density at radius 3 is 2.75 bits per heavy atom. The number of aliphatic hydroxyl groups is 1. The van der Waals surface area contributed by atoms with Gasteiger partial charge in [0.1, 0.15) is 0 Å². The maximum Gasteiger partial charge on any atom is 0.0701 e. The average molecular weight is 275 g/mol. The number of ether oxygens (including phenoxy) is 1. The molecule has 1 spiro atoms. The summed E-state index contributed by atoms with van der Waals surface area (Å²) in [6.07, 6.45) is 4.07. The molecule has 1 aromatic rings. The standard InChI is InChI=1S/C17H25NO2/c1-18(12-14-5-3-2-4-6-14)15-7-8-17(11-16(15)19)9-10-20-13-17/h2-6,15-16,19H,7-13H2,1H3/t15-,16-,17?/m1/s1. The monoisotopic (exact) mass is 275 g/mol. The van der Waals surface area contributed by atoms with Crippen molar-refractivity contribution in [2.45, 2.75) is 44.4 Å². The molecular formula is C17H25NO2. The average Bonchev–Trinajstić information content (AvgIpc) is 2.88. The Labute approximate surface area is 121 Å². The fourth-order valence-corrected chi connectivity index (χ4v) is 3.84. The molecule has 3 heteroatoms. The highest BCUT2D eigenvalue weighted by Crippen LogP contribution is 2.43. The van der Waals surface area contributed by atoms with Crippen LogP contribution in [0.25, 0.3) is 0 Å². The van der Waals surface area contributed by atoms with E-state index in [0.29, 0.717) is 0 Å². The van der Waals surface area contributed by atoms with E-state index in [1.165, 1.54) is 12.0 Å². The first-order valence-corrected chi connectivity index (χ1v) is 7.69. The minimum absolute atomic E-state index is 0.223. The molecule has 0 amide bonds. The second kappa shape index (κ2) is 5.84. The van der Waals surface area contributed by atoms with Gasteiger partial charge in [-0.05, 0) is 43.7 Å². The number of nitrogens with zero attached hydrogens (tertiary/aromatic N) is 1. The number of hydrogen-bond donors (Lipinski definition) is 1. The summed E-state index contributed by atoms with van der Waals surface area (Å²) in [6, 6.07) is 10.8. The predicted molar refractivity (Wildman–Crippen MR) is 79.4 cm³/mol. The molecule has 1 heterocycles. The number of likely N-dealkylation sites (N-methyl/N-ethyl adjacent to an activating group) is 1. The fraction of sp³-hybridized carbons (Fsp3) is 0.647. The molecule has 0 radical (unpaired) electrons. The molecule has 0 aromatic heterocycles. The molecule has 1 aliphatic carbocycles. The second-order valence-electron chi connectivity index (χ2n) is 6.58. The van der Waals surface area contributed by atoms with E-state index < -0.39 is 0 Å². The smallest absolute Gasteiger partial charge is 0.0701 e. The van der Waals surface area contributed by atoms with E-state index in [9.17, 15) is 5.11 Å². The van der Waals surface area contributed by atoms with Gasteiger partial charge in [0.15, 0.2) is 0 Å². The minimum Gasteiger partial charge on any atom is -0.391 e. The lowest BCUT2D eigenvalue weighted by Crippen LogP contribution is -2.48. The molecule has 3 rings (SSSR count). The summed E-state index contributed by atoms with van der Waals surface area (Å²) in [5.74, 6) is 0. The van der Waals surface area contributed by atoms with Crippen molar-refractivity contribution in [3.8, 4) is 0 Å². The van der Waals surface area contributed by atoms with Crippen LogP contribution in [0.3, 0.4) is 0 Å². The predicted octanol–water partition coefficient (Wildman–Crippen LogP) is 2.44. The molecule has 1 saturated heterocycles.